The van der Waals surface area contributed by atoms with Gasteiger partial charge in [-0.15, -0.1) is 0 Å². The van der Waals surface area contributed by atoms with E-state index in [1.54, 1.807) is 0 Å². The van der Waals surface area contributed by atoms with E-state index in [-0.39, 0.29) is 0 Å². The minimum absolute atomic E-state index is 0.788. The van der Waals surface area contributed by atoms with Crippen LogP contribution in [0, 0.1) is 0 Å². The van der Waals surface area contributed by atoms with Crippen LogP contribution < -0.4 is 10.2 Å². The number of morpholine rings is 1. The molecule has 0 unspecified atom stereocenters. The molecule has 0 bridgehead atoms. The van der Waals surface area contributed by atoms with Crippen LogP contribution in [0.3, 0.4) is 0 Å². The number of nitrogens with zero attached hydrogens (tertiary/aromatic N) is 1. The molecular weight excluding hydrogens is 248 g/mol. The third-order valence-corrected chi connectivity index (χ3v) is 3.42. The molecule has 0 aliphatic carbocycles. The molecule has 18 heavy (non-hydrogen) atoms. The molecule has 1 heterocycles. The molecule has 0 radical (unpaired) electrons. The van der Waals surface area contributed by atoms with Crippen LogP contribution in [-0.4, -0.2) is 32.8 Å². The van der Waals surface area contributed by atoms with Crippen LogP contribution >= 0.6 is 11.6 Å². The summed E-state index contributed by atoms with van der Waals surface area (Å²) >= 11 is 6.37. The second-order valence-electron chi connectivity index (χ2n) is 4.56. The minimum atomic E-state index is 0.788. The Morgan fingerprint density at radius 3 is 2.78 bits per heavy atom. The first kappa shape index (κ1) is 13.7. The number of ether oxygens (including phenoxy) is 1. The molecule has 1 aromatic rings. The standard InChI is InChI=1S/C14H21ClN2O/c1-2-5-16-11-12-3-4-14(13(15)10-12)17-6-8-18-9-7-17/h3-4,10,16H,2,5-9,11H2,1H3. The van der Waals surface area contributed by atoms with E-state index in [1.165, 1.54) is 5.56 Å². The molecule has 0 saturated carbocycles. The van der Waals surface area contributed by atoms with E-state index in [0.29, 0.717) is 0 Å². The van der Waals surface area contributed by atoms with Gasteiger partial charge in [0, 0.05) is 19.6 Å². The number of anilines is 1. The van der Waals surface area contributed by atoms with E-state index in [2.05, 4.69) is 35.3 Å². The van der Waals surface area contributed by atoms with Crippen molar-refractivity contribution in [2.45, 2.75) is 19.9 Å². The van der Waals surface area contributed by atoms with Gasteiger partial charge in [-0.1, -0.05) is 24.6 Å². The Hall–Kier alpha value is -0.770. The monoisotopic (exact) mass is 268 g/mol. The number of rotatable bonds is 5. The zero-order valence-corrected chi connectivity index (χ0v) is 11.7. The fraction of sp³-hybridized carbons (Fsp3) is 0.571. The van der Waals surface area contributed by atoms with E-state index in [0.717, 1.165) is 56.5 Å². The zero-order chi connectivity index (χ0) is 12.8. The first-order valence-corrected chi connectivity index (χ1v) is 7.01. The van der Waals surface area contributed by atoms with Crippen LogP contribution in [0.5, 0.6) is 0 Å². The number of benzene rings is 1. The Kier molecular flexibility index (Phi) is 5.29. The van der Waals surface area contributed by atoms with Gasteiger partial charge in [0.1, 0.15) is 0 Å². The normalized spacial score (nSPS) is 16.0. The van der Waals surface area contributed by atoms with Crippen molar-refractivity contribution in [3.63, 3.8) is 0 Å². The van der Waals surface area contributed by atoms with Crippen LogP contribution in [0.2, 0.25) is 5.02 Å². The Balaban J connectivity index is 2.00. The van der Waals surface area contributed by atoms with Gasteiger partial charge in [0.05, 0.1) is 23.9 Å². The maximum atomic E-state index is 6.37. The number of hydrogen-bond acceptors (Lipinski definition) is 3. The van der Waals surface area contributed by atoms with Crippen molar-refractivity contribution in [1.29, 1.82) is 0 Å². The third kappa shape index (κ3) is 3.61. The summed E-state index contributed by atoms with van der Waals surface area (Å²) in [5.41, 5.74) is 2.37. The lowest BCUT2D eigenvalue weighted by Gasteiger charge is -2.29. The highest BCUT2D eigenvalue weighted by molar-refractivity contribution is 6.33. The van der Waals surface area contributed by atoms with Crippen LogP contribution in [0.15, 0.2) is 18.2 Å². The molecule has 0 amide bonds. The number of nitrogens with one attached hydrogen (secondary N) is 1. The van der Waals surface area contributed by atoms with Gasteiger partial charge in [-0.25, -0.2) is 0 Å². The van der Waals surface area contributed by atoms with Crippen LogP contribution in [0.1, 0.15) is 18.9 Å². The number of hydrogen-bond donors (Lipinski definition) is 1. The smallest absolute Gasteiger partial charge is 0.0642 e. The molecule has 0 atom stereocenters. The molecule has 1 aliphatic heterocycles. The second kappa shape index (κ2) is 6.98. The largest absolute Gasteiger partial charge is 0.378 e. The van der Waals surface area contributed by atoms with Gasteiger partial charge in [-0.2, -0.15) is 0 Å². The molecule has 2 rings (SSSR count). The molecule has 1 fully saturated rings. The van der Waals surface area contributed by atoms with Gasteiger partial charge in [-0.3, -0.25) is 0 Å². The number of halogens is 1. The first-order valence-electron chi connectivity index (χ1n) is 6.63. The molecule has 100 valence electrons. The molecule has 0 aromatic heterocycles. The van der Waals surface area contributed by atoms with Gasteiger partial charge in [-0.05, 0) is 30.7 Å². The van der Waals surface area contributed by atoms with Gasteiger partial charge >= 0.3 is 0 Å². The summed E-state index contributed by atoms with van der Waals surface area (Å²) in [6.45, 7) is 7.52. The summed E-state index contributed by atoms with van der Waals surface area (Å²) in [6, 6.07) is 6.34. The lowest BCUT2D eigenvalue weighted by molar-refractivity contribution is 0.122. The van der Waals surface area contributed by atoms with Crippen molar-refractivity contribution in [1.82, 2.24) is 5.32 Å². The molecule has 0 spiro atoms. The first-order chi connectivity index (χ1) is 8.81. The molecule has 3 nitrogen and oxygen atoms in total. The lowest BCUT2D eigenvalue weighted by Crippen LogP contribution is -2.36. The molecular formula is C14H21ClN2O. The Morgan fingerprint density at radius 1 is 1.33 bits per heavy atom. The predicted molar refractivity (Wildman–Crippen MR) is 76.5 cm³/mol. The SMILES string of the molecule is CCCNCc1ccc(N2CCOCC2)c(Cl)c1. The van der Waals surface area contributed by atoms with Crippen LogP contribution in [-0.2, 0) is 11.3 Å². The van der Waals surface area contributed by atoms with Crippen molar-refractivity contribution in [2.75, 3.05) is 37.7 Å². The van der Waals surface area contributed by atoms with Crippen molar-refractivity contribution in [3.05, 3.63) is 28.8 Å². The minimum Gasteiger partial charge on any atom is -0.378 e. The van der Waals surface area contributed by atoms with E-state index >= 15 is 0 Å². The quantitative estimate of drug-likeness (QED) is 0.831. The maximum Gasteiger partial charge on any atom is 0.0642 e. The zero-order valence-electron chi connectivity index (χ0n) is 10.9. The average Bonchev–Trinajstić information content (AvgIpc) is 2.40. The summed E-state index contributed by atoms with van der Waals surface area (Å²) in [5, 5.41) is 4.23. The highest BCUT2D eigenvalue weighted by Gasteiger charge is 2.14. The van der Waals surface area contributed by atoms with Gasteiger partial charge in [0.2, 0.25) is 0 Å². The van der Waals surface area contributed by atoms with E-state index < -0.39 is 0 Å². The molecule has 1 saturated heterocycles. The summed E-state index contributed by atoms with van der Waals surface area (Å²) in [6.07, 6.45) is 1.15. The summed E-state index contributed by atoms with van der Waals surface area (Å²) in [4.78, 5) is 2.29. The van der Waals surface area contributed by atoms with Gasteiger partial charge in [0.25, 0.3) is 0 Å². The van der Waals surface area contributed by atoms with E-state index in [9.17, 15) is 0 Å². The van der Waals surface area contributed by atoms with E-state index in [1.807, 2.05) is 0 Å². The van der Waals surface area contributed by atoms with Crippen molar-refractivity contribution in [3.8, 4) is 0 Å². The lowest BCUT2D eigenvalue weighted by atomic mass is 10.2. The Labute approximate surface area is 114 Å². The Bertz CT molecular complexity index is 378. The maximum absolute atomic E-state index is 6.37. The predicted octanol–water partition coefficient (Wildman–Crippen LogP) is 2.68. The molecule has 1 aliphatic rings. The highest BCUT2D eigenvalue weighted by atomic mass is 35.5. The Morgan fingerprint density at radius 2 is 2.11 bits per heavy atom. The van der Waals surface area contributed by atoms with Crippen LogP contribution in [0.4, 0.5) is 5.69 Å². The third-order valence-electron chi connectivity index (χ3n) is 3.12. The van der Waals surface area contributed by atoms with Crippen LogP contribution in [0.25, 0.3) is 0 Å². The fourth-order valence-electron chi connectivity index (χ4n) is 2.13. The summed E-state index contributed by atoms with van der Waals surface area (Å²) in [7, 11) is 0. The van der Waals surface area contributed by atoms with Crippen molar-refractivity contribution < 1.29 is 4.74 Å². The van der Waals surface area contributed by atoms with Crippen molar-refractivity contribution >= 4 is 17.3 Å². The average molecular weight is 269 g/mol. The highest BCUT2D eigenvalue weighted by Crippen LogP contribution is 2.27. The fourth-order valence-corrected chi connectivity index (χ4v) is 2.45. The summed E-state index contributed by atoms with van der Waals surface area (Å²) < 4.78 is 5.36. The van der Waals surface area contributed by atoms with Gasteiger partial charge in [0.15, 0.2) is 0 Å². The molecule has 1 aromatic carbocycles. The van der Waals surface area contributed by atoms with Gasteiger partial charge < -0.3 is 15.0 Å². The van der Waals surface area contributed by atoms with Crippen molar-refractivity contribution in [2.24, 2.45) is 0 Å². The summed E-state index contributed by atoms with van der Waals surface area (Å²) in [5.74, 6) is 0. The second-order valence-corrected chi connectivity index (χ2v) is 4.97. The molecule has 4 heteroatoms. The van der Waals surface area contributed by atoms with E-state index in [4.69, 9.17) is 16.3 Å². The molecule has 1 N–H and O–H groups in total. The topological polar surface area (TPSA) is 24.5 Å².